The first-order valence-corrected chi connectivity index (χ1v) is 10.0. The molecule has 0 saturated heterocycles. The highest BCUT2D eigenvalue weighted by Gasteiger charge is 2.12. The summed E-state index contributed by atoms with van der Waals surface area (Å²) >= 11 is 1.73. The van der Waals surface area contributed by atoms with Crippen molar-refractivity contribution in [1.82, 2.24) is 20.5 Å². The zero-order valence-electron chi connectivity index (χ0n) is 16.6. The second-order valence-electron chi connectivity index (χ2n) is 6.25. The van der Waals surface area contributed by atoms with Crippen molar-refractivity contribution in [2.75, 3.05) is 26.7 Å². The lowest BCUT2D eigenvalue weighted by atomic mass is 10.2. The number of carbonyl (C=O) groups excluding carboxylic acids is 1. The Labute approximate surface area is 165 Å². The van der Waals surface area contributed by atoms with Gasteiger partial charge in [-0.3, -0.25) is 9.79 Å². The molecule has 1 heterocycles. The van der Waals surface area contributed by atoms with E-state index in [0.717, 1.165) is 29.2 Å². The van der Waals surface area contributed by atoms with E-state index in [1.54, 1.807) is 18.4 Å². The third-order valence-electron chi connectivity index (χ3n) is 4.29. The molecule has 27 heavy (non-hydrogen) atoms. The number of guanidine groups is 1. The van der Waals surface area contributed by atoms with Crippen LogP contribution < -0.4 is 10.6 Å². The maximum atomic E-state index is 12.5. The number of rotatable bonds is 8. The van der Waals surface area contributed by atoms with Gasteiger partial charge in [0, 0.05) is 38.0 Å². The van der Waals surface area contributed by atoms with Crippen molar-refractivity contribution < 1.29 is 4.79 Å². The van der Waals surface area contributed by atoms with Gasteiger partial charge in [0.25, 0.3) is 0 Å². The topological polar surface area (TPSA) is 69.6 Å². The number of hydrogen-bond donors (Lipinski definition) is 2. The predicted octanol–water partition coefficient (Wildman–Crippen LogP) is 2.52. The van der Waals surface area contributed by atoms with Crippen molar-refractivity contribution in [3.05, 3.63) is 51.5 Å². The van der Waals surface area contributed by atoms with Gasteiger partial charge in [-0.1, -0.05) is 30.3 Å². The molecule has 0 radical (unpaired) electrons. The van der Waals surface area contributed by atoms with Crippen LogP contribution >= 0.6 is 11.3 Å². The minimum absolute atomic E-state index is 0.0514. The van der Waals surface area contributed by atoms with E-state index in [-0.39, 0.29) is 12.5 Å². The zero-order chi connectivity index (χ0) is 19.6. The molecule has 0 aliphatic carbocycles. The average Bonchev–Trinajstić information content (AvgIpc) is 3.00. The largest absolute Gasteiger partial charge is 0.356 e. The molecule has 0 spiro atoms. The first-order chi connectivity index (χ1) is 13.0. The van der Waals surface area contributed by atoms with Gasteiger partial charge in [-0.25, -0.2) is 4.98 Å². The van der Waals surface area contributed by atoms with Gasteiger partial charge in [0.2, 0.25) is 5.91 Å². The number of hydrogen-bond acceptors (Lipinski definition) is 4. The maximum Gasteiger partial charge on any atom is 0.242 e. The van der Waals surface area contributed by atoms with Crippen molar-refractivity contribution in [3.63, 3.8) is 0 Å². The molecule has 2 rings (SSSR count). The van der Waals surface area contributed by atoms with Crippen molar-refractivity contribution in [1.29, 1.82) is 0 Å². The summed E-state index contributed by atoms with van der Waals surface area (Å²) < 4.78 is 0. The summed E-state index contributed by atoms with van der Waals surface area (Å²) in [5.74, 6) is 0.680. The molecule has 0 unspecified atom stereocenters. The summed E-state index contributed by atoms with van der Waals surface area (Å²) in [6.45, 7) is 8.34. The number of aryl methyl sites for hydroxylation is 2. The summed E-state index contributed by atoms with van der Waals surface area (Å²) in [6.07, 6.45) is 0.836. The molecule has 0 saturated carbocycles. The summed E-state index contributed by atoms with van der Waals surface area (Å²) in [5.41, 5.74) is 2.23. The molecule has 0 aliphatic heterocycles. The lowest BCUT2D eigenvalue weighted by molar-refractivity contribution is -0.130. The molecule has 0 fully saturated rings. The number of benzene rings is 1. The average molecular weight is 388 g/mol. The number of nitrogens with one attached hydrogen (secondary N) is 2. The highest BCUT2D eigenvalue weighted by molar-refractivity contribution is 7.11. The molecule has 0 bridgehead atoms. The Hall–Kier alpha value is -2.41. The molecular weight excluding hydrogens is 358 g/mol. The molecular formula is C20H29N5OS. The molecule has 0 aliphatic rings. The van der Waals surface area contributed by atoms with E-state index in [1.165, 1.54) is 4.88 Å². The number of likely N-dealkylation sites (N-methyl/N-ethyl adjacent to an activating group) is 1. The van der Waals surface area contributed by atoms with E-state index in [1.807, 2.05) is 49.1 Å². The van der Waals surface area contributed by atoms with Gasteiger partial charge in [-0.2, -0.15) is 0 Å². The van der Waals surface area contributed by atoms with E-state index in [9.17, 15) is 4.79 Å². The maximum absolute atomic E-state index is 12.5. The molecule has 146 valence electrons. The first kappa shape index (κ1) is 20.9. The Balaban J connectivity index is 1.77. The molecule has 1 aromatic carbocycles. The first-order valence-electron chi connectivity index (χ1n) is 9.22. The van der Waals surface area contributed by atoms with Gasteiger partial charge in [-0.15, -0.1) is 11.3 Å². The Morgan fingerprint density at radius 2 is 1.96 bits per heavy atom. The number of carbonyl (C=O) groups is 1. The molecule has 2 N–H and O–H groups in total. The van der Waals surface area contributed by atoms with E-state index < -0.39 is 0 Å². The number of aliphatic imine (C=N–C) groups is 1. The molecule has 2 aromatic rings. The Morgan fingerprint density at radius 1 is 1.22 bits per heavy atom. The number of aromatic nitrogens is 1. The van der Waals surface area contributed by atoms with Crippen LogP contribution in [0.1, 0.15) is 28.1 Å². The van der Waals surface area contributed by atoms with E-state index in [0.29, 0.717) is 19.0 Å². The number of nitrogens with zero attached hydrogens (tertiary/aromatic N) is 3. The summed E-state index contributed by atoms with van der Waals surface area (Å²) in [4.78, 5) is 24.3. The van der Waals surface area contributed by atoms with Gasteiger partial charge < -0.3 is 15.5 Å². The second kappa shape index (κ2) is 10.7. The third kappa shape index (κ3) is 6.67. The quantitative estimate of drug-likeness (QED) is 0.539. The second-order valence-corrected chi connectivity index (χ2v) is 7.53. The minimum atomic E-state index is 0.0514. The van der Waals surface area contributed by atoms with Crippen LogP contribution in [0.5, 0.6) is 0 Å². The van der Waals surface area contributed by atoms with Crippen LogP contribution in [0.15, 0.2) is 35.3 Å². The third-order valence-corrected chi connectivity index (χ3v) is 5.42. The van der Waals surface area contributed by atoms with Gasteiger partial charge in [0.1, 0.15) is 0 Å². The van der Waals surface area contributed by atoms with Crippen LogP contribution in [-0.4, -0.2) is 48.4 Å². The molecule has 7 heteroatoms. The fraction of sp³-hybridized carbons (Fsp3) is 0.450. The fourth-order valence-electron chi connectivity index (χ4n) is 2.61. The van der Waals surface area contributed by atoms with Crippen molar-refractivity contribution >= 4 is 23.2 Å². The van der Waals surface area contributed by atoms with E-state index in [4.69, 9.17) is 0 Å². The van der Waals surface area contributed by atoms with Crippen LogP contribution in [0.2, 0.25) is 0 Å². The van der Waals surface area contributed by atoms with Crippen LogP contribution in [0.3, 0.4) is 0 Å². The Morgan fingerprint density at radius 3 is 2.56 bits per heavy atom. The Bertz CT molecular complexity index is 737. The SMILES string of the molecule is CCN(Cc1ccccc1)C(=O)CNC(=NC)NCCc1nc(C)c(C)s1. The summed E-state index contributed by atoms with van der Waals surface area (Å²) in [7, 11) is 1.71. The lowest BCUT2D eigenvalue weighted by Crippen LogP contribution is -2.44. The van der Waals surface area contributed by atoms with Crippen LogP contribution in [0, 0.1) is 13.8 Å². The lowest BCUT2D eigenvalue weighted by Gasteiger charge is -2.22. The van der Waals surface area contributed by atoms with Gasteiger partial charge in [0.15, 0.2) is 5.96 Å². The molecule has 0 atom stereocenters. The number of thiazole rings is 1. The normalized spacial score (nSPS) is 11.3. The molecule has 1 aromatic heterocycles. The standard InChI is InChI=1S/C20H29N5OS/c1-5-25(14-17-9-7-6-8-10-17)19(26)13-23-20(21-4)22-12-11-18-24-15(2)16(3)27-18/h6-10H,5,11-14H2,1-4H3,(H2,21,22,23). The Kier molecular flexibility index (Phi) is 8.26. The van der Waals surface area contributed by atoms with Gasteiger partial charge >= 0.3 is 0 Å². The van der Waals surface area contributed by atoms with Crippen LogP contribution in [0.25, 0.3) is 0 Å². The fourth-order valence-corrected chi connectivity index (χ4v) is 3.54. The van der Waals surface area contributed by atoms with Gasteiger partial charge in [-0.05, 0) is 26.3 Å². The molecule has 1 amide bonds. The van der Waals surface area contributed by atoms with E-state index in [2.05, 4.69) is 27.5 Å². The van der Waals surface area contributed by atoms with Crippen molar-refractivity contribution in [2.45, 2.75) is 33.7 Å². The van der Waals surface area contributed by atoms with Crippen LogP contribution in [-0.2, 0) is 17.8 Å². The smallest absolute Gasteiger partial charge is 0.242 e. The predicted molar refractivity (Wildman–Crippen MR) is 112 cm³/mol. The highest BCUT2D eigenvalue weighted by atomic mass is 32.1. The minimum Gasteiger partial charge on any atom is -0.356 e. The highest BCUT2D eigenvalue weighted by Crippen LogP contribution is 2.16. The van der Waals surface area contributed by atoms with E-state index >= 15 is 0 Å². The van der Waals surface area contributed by atoms with Crippen molar-refractivity contribution in [3.8, 4) is 0 Å². The van der Waals surface area contributed by atoms with Crippen LogP contribution in [0.4, 0.5) is 0 Å². The summed E-state index contributed by atoms with van der Waals surface area (Å²) in [6, 6.07) is 10.0. The number of amides is 1. The monoisotopic (exact) mass is 387 g/mol. The van der Waals surface area contributed by atoms with Gasteiger partial charge in [0.05, 0.1) is 17.2 Å². The summed E-state index contributed by atoms with van der Waals surface area (Å²) in [5, 5.41) is 7.46. The van der Waals surface area contributed by atoms with Crippen molar-refractivity contribution in [2.24, 2.45) is 4.99 Å². The molecule has 6 nitrogen and oxygen atoms in total. The zero-order valence-corrected chi connectivity index (χ0v) is 17.4.